The van der Waals surface area contributed by atoms with Gasteiger partial charge in [-0.1, -0.05) is 28.9 Å². The van der Waals surface area contributed by atoms with Gasteiger partial charge >= 0.3 is 0 Å². The molecule has 0 spiro atoms. The van der Waals surface area contributed by atoms with Gasteiger partial charge in [0.1, 0.15) is 12.9 Å². The Morgan fingerprint density at radius 3 is 2.35 bits per heavy atom. The highest BCUT2D eigenvalue weighted by Crippen LogP contribution is 2.30. The molecule has 2 saturated heterocycles. The fourth-order valence-electron chi connectivity index (χ4n) is 5.18. The number of carbonyl (C=O) groups excluding carboxylic acids is 1. The number of nitrogens with two attached hydrogens (primary N) is 1. The molecule has 4 rings (SSSR count). The van der Waals surface area contributed by atoms with E-state index in [0.29, 0.717) is 16.7 Å². The molecule has 34 heavy (non-hydrogen) atoms. The van der Waals surface area contributed by atoms with Gasteiger partial charge in [-0.25, -0.2) is 4.98 Å². The Morgan fingerprint density at radius 2 is 1.74 bits per heavy atom. The van der Waals surface area contributed by atoms with E-state index < -0.39 is 0 Å². The SMILES string of the molecule is CO/N=C(\c1ccc(Cl)cc1)C1CCN(C(=O)C2CCN(C(C)c3ccnc(N)c3)CC2)CC1. The minimum absolute atomic E-state index is 0.103. The predicted octanol–water partition coefficient (Wildman–Crippen LogP) is 4.38. The van der Waals surface area contributed by atoms with E-state index in [0.717, 1.165) is 63.1 Å². The molecule has 2 aromatic rings. The molecule has 8 heteroatoms. The van der Waals surface area contributed by atoms with Crippen LogP contribution in [0.5, 0.6) is 0 Å². The highest BCUT2D eigenvalue weighted by atomic mass is 35.5. The van der Waals surface area contributed by atoms with Crippen molar-refractivity contribution in [2.24, 2.45) is 17.0 Å². The maximum absolute atomic E-state index is 13.3. The first kappa shape index (κ1) is 24.5. The first-order chi connectivity index (χ1) is 16.5. The second-order valence-corrected chi connectivity index (χ2v) is 9.70. The molecule has 2 aliphatic rings. The number of likely N-dealkylation sites (tertiary alicyclic amines) is 2. The molecule has 182 valence electrons. The van der Waals surface area contributed by atoms with Gasteiger partial charge in [0.2, 0.25) is 5.91 Å². The van der Waals surface area contributed by atoms with Crippen LogP contribution in [0.15, 0.2) is 47.8 Å². The Morgan fingerprint density at radius 1 is 1.09 bits per heavy atom. The number of aromatic nitrogens is 1. The van der Waals surface area contributed by atoms with Crippen LogP contribution in [0.3, 0.4) is 0 Å². The van der Waals surface area contributed by atoms with Gasteiger partial charge < -0.3 is 15.5 Å². The van der Waals surface area contributed by atoms with Gasteiger partial charge in [0.25, 0.3) is 0 Å². The number of halogens is 1. The van der Waals surface area contributed by atoms with E-state index in [1.54, 1.807) is 13.3 Å². The quantitative estimate of drug-likeness (QED) is 0.487. The van der Waals surface area contributed by atoms with Crippen molar-refractivity contribution in [3.63, 3.8) is 0 Å². The van der Waals surface area contributed by atoms with Crippen molar-refractivity contribution in [3.8, 4) is 0 Å². The van der Waals surface area contributed by atoms with Crippen molar-refractivity contribution < 1.29 is 9.63 Å². The van der Waals surface area contributed by atoms with Crippen LogP contribution in [0.4, 0.5) is 5.82 Å². The van der Waals surface area contributed by atoms with E-state index in [4.69, 9.17) is 22.2 Å². The Hall–Kier alpha value is -2.64. The number of amides is 1. The third-order valence-corrected chi connectivity index (χ3v) is 7.49. The molecule has 2 aliphatic heterocycles. The molecular formula is C26H34ClN5O2. The standard InChI is InChI=1S/C26H34ClN5O2/c1-18(22-7-12-29-24(28)17-22)31-13-10-21(11-14-31)26(33)32-15-8-20(9-16-32)25(30-34-2)19-3-5-23(27)6-4-19/h3-7,12,17-18,20-21H,8-11,13-16H2,1-2H3,(H2,28,29)/b30-25+. The average molecular weight is 484 g/mol. The summed E-state index contributed by atoms with van der Waals surface area (Å²) in [6, 6.07) is 11.9. The maximum Gasteiger partial charge on any atom is 0.225 e. The van der Waals surface area contributed by atoms with Gasteiger partial charge in [-0.3, -0.25) is 9.69 Å². The summed E-state index contributed by atoms with van der Waals surface area (Å²) in [5.41, 5.74) is 8.99. The van der Waals surface area contributed by atoms with E-state index in [9.17, 15) is 4.79 Å². The summed E-state index contributed by atoms with van der Waals surface area (Å²) < 4.78 is 0. The number of anilines is 1. The number of carbonyl (C=O) groups is 1. The van der Waals surface area contributed by atoms with Crippen molar-refractivity contribution in [2.45, 2.75) is 38.6 Å². The summed E-state index contributed by atoms with van der Waals surface area (Å²) >= 11 is 6.04. The van der Waals surface area contributed by atoms with E-state index in [2.05, 4.69) is 26.9 Å². The van der Waals surface area contributed by atoms with Crippen molar-refractivity contribution in [2.75, 3.05) is 39.0 Å². The first-order valence-corrected chi connectivity index (χ1v) is 12.4. The van der Waals surface area contributed by atoms with E-state index in [1.165, 1.54) is 5.56 Å². The summed E-state index contributed by atoms with van der Waals surface area (Å²) in [7, 11) is 1.57. The third-order valence-electron chi connectivity index (χ3n) is 7.24. The normalized spacial score (nSPS) is 19.7. The number of nitrogens with zero attached hydrogens (tertiary/aromatic N) is 4. The Bertz CT molecular complexity index is 997. The summed E-state index contributed by atoms with van der Waals surface area (Å²) in [6.07, 6.45) is 5.32. The van der Waals surface area contributed by atoms with Crippen LogP contribution in [-0.2, 0) is 9.63 Å². The second kappa shape index (κ2) is 11.2. The Balaban J connectivity index is 1.30. The molecule has 1 amide bonds. The fraction of sp³-hybridized carbons (Fsp3) is 0.500. The smallest absolute Gasteiger partial charge is 0.225 e. The molecular weight excluding hydrogens is 450 g/mol. The first-order valence-electron chi connectivity index (χ1n) is 12.1. The van der Waals surface area contributed by atoms with Crippen LogP contribution in [0.1, 0.15) is 49.8 Å². The van der Waals surface area contributed by atoms with E-state index in [1.807, 2.05) is 36.4 Å². The van der Waals surface area contributed by atoms with Crippen LogP contribution in [0.25, 0.3) is 0 Å². The molecule has 0 bridgehead atoms. The summed E-state index contributed by atoms with van der Waals surface area (Å²) in [6.45, 7) is 5.54. The zero-order valence-corrected chi connectivity index (χ0v) is 20.7. The van der Waals surface area contributed by atoms with Crippen LogP contribution in [0.2, 0.25) is 5.02 Å². The zero-order valence-electron chi connectivity index (χ0n) is 20.0. The summed E-state index contributed by atoms with van der Waals surface area (Å²) in [5, 5.41) is 5.02. The van der Waals surface area contributed by atoms with Gasteiger partial charge in [0.05, 0.1) is 5.71 Å². The number of piperidine rings is 2. The second-order valence-electron chi connectivity index (χ2n) is 9.27. The van der Waals surface area contributed by atoms with Gasteiger partial charge in [-0.05, 0) is 81.1 Å². The third kappa shape index (κ3) is 5.70. The number of hydrogen-bond acceptors (Lipinski definition) is 6. The van der Waals surface area contributed by atoms with E-state index >= 15 is 0 Å². The molecule has 1 aromatic heterocycles. The molecule has 2 fully saturated rings. The summed E-state index contributed by atoms with van der Waals surface area (Å²) in [5.74, 6) is 1.22. The van der Waals surface area contributed by atoms with Crippen LogP contribution in [-0.4, -0.2) is 59.7 Å². The molecule has 0 aliphatic carbocycles. The highest BCUT2D eigenvalue weighted by Gasteiger charge is 2.33. The van der Waals surface area contributed by atoms with Crippen molar-refractivity contribution >= 4 is 29.0 Å². The number of rotatable bonds is 6. The monoisotopic (exact) mass is 483 g/mol. The largest absolute Gasteiger partial charge is 0.399 e. The highest BCUT2D eigenvalue weighted by molar-refractivity contribution is 6.30. The molecule has 1 aromatic carbocycles. The predicted molar refractivity (Wildman–Crippen MR) is 136 cm³/mol. The Labute approximate surface area is 206 Å². The molecule has 1 atom stereocenters. The van der Waals surface area contributed by atoms with Gasteiger partial charge in [-0.15, -0.1) is 0 Å². The molecule has 1 unspecified atom stereocenters. The molecule has 7 nitrogen and oxygen atoms in total. The van der Waals surface area contributed by atoms with Crippen molar-refractivity contribution in [1.29, 1.82) is 0 Å². The van der Waals surface area contributed by atoms with Gasteiger partial charge in [0.15, 0.2) is 0 Å². The van der Waals surface area contributed by atoms with Crippen molar-refractivity contribution in [3.05, 3.63) is 58.7 Å². The van der Waals surface area contributed by atoms with Gasteiger partial charge in [0, 0.05) is 42.2 Å². The zero-order chi connectivity index (χ0) is 24.1. The topological polar surface area (TPSA) is 84.0 Å². The fourth-order valence-corrected chi connectivity index (χ4v) is 5.31. The average Bonchev–Trinajstić information content (AvgIpc) is 2.87. The lowest BCUT2D eigenvalue weighted by Crippen LogP contribution is -2.46. The number of nitrogen functional groups attached to an aromatic ring is 1. The number of benzene rings is 1. The number of pyridine rings is 1. The van der Waals surface area contributed by atoms with Crippen LogP contribution in [0, 0.1) is 11.8 Å². The maximum atomic E-state index is 13.3. The van der Waals surface area contributed by atoms with Crippen LogP contribution < -0.4 is 5.73 Å². The number of oxime groups is 1. The van der Waals surface area contributed by atoms with E-state index in [-0.39, 0.29) is 17.9 Å². The van der Waals surface area contributed by atoms with Crippen LogP contribution >= 0.6 is 11.6 Å². The lowest BCUT2D eigenvalue weighted by atomic mass is 9.87. The summed E-state index contributed by atoms with van der Waals surface area (Å²) in [4.78, 5) is 27.0. The van der Waals surface area contributed by atoms with Gasteiger partial charge in [-0.2, -0.15) is 0 Å². The molecule has 3 heterocycles. The minimum atomic E-state index is 0.103. The Kier molecular flexibility index (Phi) is 8.06. The van der Waals surface area contributed by atoms with Crippen molar-refractivity contribution in [1.82, 2.24) is 14.8 Å². The number of hydrogen-bond donors (Lipinski definition) is 1. The lowest BCUT2D eigenvalue weighted by molar-refractivity contribution is -0.138. The lowest BCUT2D eigenvalue weighted by Gasteiger charge is -2.39. The minimum Gasteiger partial charge on any atom is -0.399 e. The molecule has 0 radical (unpaired) electrons. The molecule has 2 N–H and O–H groups in total. The molecule has 0 saturated carbocycles.